The largest absolute Gasteiger partial charge is 0.346 e. The van der Waals surface area contributed by atoms with Crippen LogP contribution in [0.4, 0.5) is 39.5 Å². The van der Waals surface area contributed by atoms with Gasteiger partial charge in [0.15, 0.2) is 5.65 Å². The normalized spacial score (nSPS) is 16.0. The Kier molecular flexibility index (Phi) is 8.26. The van der Waals surface area contributed by atoms with Gasteiger partial charge in [-0.3, -0.25) is 9.48 Å². The van der Waals surface area contributed by atoms with Gasteiger partial charge in [0.1, 0.15) is 35.4 Å². The molecule has 1 aliphatic rings. The Balaban J connectivity index is 1.45. The van der Waals surface area contributed by atoms with Crippen LogP contribution in [-0.2, 0) is 29.6 Å². The molecule has 0 spiro atoms. The van der Waals surface area contributed by atoms with Gasteiger partial charge in [-0.25, -0.2) is 40.7 Å². The summed E-state index contributed by atoms with van der Waals surface area (Å²) in [4.78, 5) is 22.2. The van der Waals surface area contributed by atoms with Gasteiger partial charge in [0, 0.05) is 24.5 Å². The minimum Gasteiger partial charge on any atom is -0.346 e. The molecule has 2 aromatic carbocycles. The number of carbonyl (C=O) groups excluding carboxylic acids is 1. The standard InChI is InChI=1S/C31H22F9N5OS/c1-14-6-16(2-3-20(14)34)19-11-22-29(41-13-47-22)43-25(19)21(9-15-7-17(32)10-18(33)8-15)42-23(46)12-45-27-24(26(44-45)28(35)36)30(37,38)4-5-31(27,39)40/h2-3,6-8,10-11,13,21,28H,4-5,9,12H2,1H3,(H,42,46)/t21-/m0/s1. The lowest BCUT2D eigenvalue weighted by Crippen LogP contribution is -2.37. The molecule has 246 valence electrons. The molecule has 0 saturated heterocycles. The van der Waals surface area contributed by atoms with E-state index in [2.05, 4.69) is 20.4 Å². The molecule has 1 N–H and O–H groups in total. The van der Waals surface area contributed by atoms with Crippen LogP contribution in [0.5, 0.6) is 0 Å². The predicted octanol–water partition coefficient (Wildman–Crippen LogP) is 8.30. The van der Waals surface area contributed by atoms with Gasteiger partial charge in [0.05, 0.1) is 27.5 Å². The zero-order valence-electron chi connectivity index (χ0n) is 24.1. The lowest BCUT2D eigenvalue weighted by molar-refractivity contribution is -0.123. The fraction of sp³-hybridized carbons (Fsp3) is 0.290. The fourth-order valence-corrected chi connectivity index (χ4v) is 6.37. The molecule has 0 saturated carbocycles. The number of hydrogen-bond donors (Lipinski definition) is 1. The SMILES string of the molecule is Cc1cc(-c2cc3scnc3nc2[C@H](Cc2cc(F)cc(F)c2)NC(=O)Cn2nc(C(F)F)c3c2C(F)(F)CCC3(F)F)ccc1F. The number of rotatable bonds is 8. The Labute approximate surface area is 264 Å². The zero-order chi connectivity index (χ0) is 33.8. The summed E-state index contributed by atoms with van der Waals surface area (Å²) in [5.74, 6) is -11.6. The molecule has 16 heteroatoms. The molecule has 1 atom stereocenters. The highest BCUT2D eigenvalue weighted by atomic mass is 32.1. The molecule has 3 heterocycles. The second-order valence-electron chi connectivity index (χ2n) is 11.1. The summed E-state index contributed by atoms with van der Waals surface area (Å²) < 4.78 is 130. The van der Waals surface area contributed by atoms with Crippen molar-refractivity contribution in [1.29, 1.82) is 0 Å². The molecule has 6 nitrogen and oxygen atoms in total. The molecule has 0 unspecified atom stereocenters. The highest BCUT2D eigenvalue weighted by Crippen LogP contribution is 2.52. The number of alkyl halides is 6. The Bertz CT molecular complexity index is 1990. The van der Waals surface area contributed by atoms with Crippen molar-refractivity contribution >= 4 is 27.6 Å². The predicted molar refractivity (Wildman–Crippen MR) is 153 cm³/mol. The smallest absolute Gasteiger partial charge is 0.290 e. The molecule has 5 aromatic rings. The van der Waals surface area contributed by atoms with Crippen LogP contribution in [-0.4, -0.2) is 25.7 Å². The van der Waals surface area contributed by atoms with E-state index in [-0.39, 0.29) is 33.6 Å². The second-order valence-corrected chi connectivity index (χ2v) is 12.0. The average Bonchev–Trinajstić information content (AvgIpc) is 3.61. The molecule has 1 amide bonds. The molecule has 0 fully saturated rings. The van der Waals surface area contributed by atoms with E-state index in [9.17, 15) is 44.3 Å². The number of aromatic nitrogens is 4. The Hall–Kier alpha value is -4.47. The maximum atomic E-state index is 15.0. The summed E-state index contributed by atoms with van der Waals surface area (Å²) in [5, 5.41) is 5.84. The molecule has 1 aliphatic carbocycles. The van der Waals surface area contributed by atoms with Gasteiger partial charge >= 0.3 is 0 Å². The van der Waals surface area contributed by atoms with Crippen LogP contribution in [0, 0.1) is 24.4 Å². The molecule has 0 bridgehead atoms. The minimum absolute atomic E-state index is 0.0387. The van der Waals surface area contributed by atoms with E-state index in [1.807, 2.05) is 0 Å². The van der Waals surface area contributed by atoms with Crippen molar-refractivity contribution in [2.24, 2.45) is 0 Å². The lowest BCUT2D eigenvalue weighted by Gasteiger charge is -2.29. The summed E-state index contributed by atoms with van der Waals surface area (Å²) in [5.41, 5.74) is -1.77. The van der Waals surface area contributed by atoms with Crippen molar-refractivity contribution in [3.63, 3.8) is 0 Å². The van der Waals surface area contributed by atoms with Crippen LogP contribution in [0.1, 0.15) is 59.1 Å². The number of hydrogen-bond acceptors (Lipinski definition) is 5. The monoisotopic (exact) mass is 683 g/mol. The zero-order valence-corrected chi connectivity index (χ0v) is 24.9. The van der Waals surface area contributed by atoms with Crippen molar-refractivity contribution in [3.05, 3.63) is 99.2 Å². The van der Waals surface area contributed by atoms with Crippen LogP contribution in [0.3, 0.4) is 0 Å². The van der Waals surface area contributed by atoms with Gasteiger partial charge in [-0.1, -0.05) is 6.07 Å². The minimum atomic E-state index is -4.05. The fourth-order valence-electron chi connectivity index (χ4n) is 5.71. The van der Waals surface area contributed by atoms with Crippen LogP contribution < -0.4 is 5.32 Å². The average molecular weight is 684 g/mol. The number of amides is 1. The van der Waals surface area contributed by atoms with Crippen LogP contribution >= 0.6 is 11.3 Å². The van der Waals surface area contributed by atoms with E-state index in [1.165, 1.54) is 42.0 Å². The molecular formula is C31H22F9N5OS. The maximum Gasteiger partial charge on any atom is 0.290 e. The maximum absolute atomic E-state index is 15.0. The number of thiazole rings is 1. The van der Waals surface area contributed by atoms with Gasteiger partial charge in [0.25, 0.3) is 18.3 Å². The Morgan fingerprint density at radius 2 is 1.68 bits per heavy atom. The lowest BCUT2D eigenvalue weighted by atomic mass is 9.89. The quantitative estimate of drug-likeness (QED) is 0.167. The molecule has 0 aliphatic heterocycles. The first-order valence-corrected chi connectivity index (χ1v) is 14.9. The van der Waals surface area contributed by atoms with Crippen molar-refractivity contribution in [2.45, 2.75) is 57.0 Å². The number of fused-ring (bicyclic) bond motifs is 2. The van der Waals surface area contributed by atoms with E-state index >= 15 is 0 Å². The van der Waals surface area contributed by atoms with Gasteiger partial charge in [-0.05, 0) is 60.4 Å². The molecule has 0 radical (unpaired) electrons. The number of carbonyl (C=O) groups is 1. The number of benzene rings is 2. The van der Waals surface area contributed by atoms with Crippen molar-refractivity contribution in [2.75, 3.05) is 0 Å². The summed E-state index contributed by atoms with van der Waals surface area (Å²) >= 11 is 1.23. The van der Waals surface area contributed by atoms with Crippen molar-refractivity contribution in [3.8, 4) is 11.1 Å². The van der Waals surface area contributed by atoms with Crippen LogP contribution in [0.25, 0.3) is 21.5 Å². The van der Waals surface area contributed by atoms with E-state index in [1.54, 1.807) is 6.07 Å². The van der Waals surface area contributed by atoms with Crippen molar-refractivity contribution in [1.82, 2.24) is 25.1 Å². The van der Waals surface area contributed by atoms with Crippen LogP contribution in [0.15, 0.2) is 48.0 Å². The Morgan fingerprint density at radius 3 is 2.36 bits per heavy atom. The number of nitrogens with zero attached hydrogens (tertiary/aromatic N) is 4. The molecular weight excluding hydrogens is 661 g/mol. The third-order valence-corrected chi connectivity index (χ3v) is 8.56. The number of pyridine rings is 1. The first kappa shape index (κ1) is 32.5. The third kappa shape index (κ3) is 6.30. The Morgan fingerprint density at radius 1 is 0.979 bits per heavy atom. The highest BCUT2D eigenvalue weighted by molar-refractivity contribution is 7.16. The summed E-state index contributed by atoms with van der Waals surface area (Å²) in [6.45, 7) is 0.336. The third-order valence-electron chi connectivity index (χ3n) is 7.79. The summed E-state index contributed by atoms with van der Waals surface area (Å²) in [7, 11) is 0. The van der Waals surface area contributed by atoms with E-state index in [0.29, 0.717) is 21.9 Å². The summed E-state index contributed by atoms with van der Waals surface area (Å²) in [6, 6.07) is 7.15. The highest BCUT2D eigenvalue weighted by Gasteiger charge is 2.55. The van der Waals surface area contributed by atoms with Crippen LogP contribution in [0.2, 0.25) is 0 Å². The molecule has 47 heavy (non-hydrogen) atoms. The van der Waals surface area contributed by atoms with Gasteiger partial charge in [0.2, 0.25) is 5.91 Å². The molecule has 6 rings (SSSR count). The second kappa shape index (κ2) is 12.0. The topological polar surface area (TPSA) is 72.7 Å². The first-order chi connectivity index (χ1) is 22.1. The van der Waals surface area contributed by atoms with Gasteiger partial charge < -0.3 is 5.32 Å². The van der Waals surface area contributed by atoms with E-state index in [4.69, 9.17) is 0 Å². The number of nitrogens with one attached hydrogen (secondary N) is 1. The van der Waals surface area contributed by atoms with E-state index < -0.39 is 84.0 Å². The number of halogens is 9. The number of aryl methyl sites for hydroxylation is 1. The van der Waals surface area contributed by atoms with Gasteiger partial charge in [-0.15, -0.1) is 11.3 Å². The molecule has 3 aromatic heterocycles. The van der Waals surface area contributed by atoms with E-state index in [0.717, 1.165) is 12.1 Å². The van der Waals surface area contributed by atoms with Gasteiger partial charge in [-0.2, -0.15) is 13.9 Å². The summed E-state index contributed by atoms with van der Waals surface area (Å²) in [6.07, 6.45) is -6.73. The van der Waals surface area contributed by atoms with Crippen molar-refractivity contribution < 1.29 is 44.3 Å². The first-order valence-electron chi connectivity index (χ1n) is 14.0.